The van der Waals surface area contributed by atoms with Crippen LogP contribution in [0.3, 0.4) is 0 Å². The number of amides is 1. The van der Waals surface area contributed by atoms with Gasteiger partial charge in [0.25, 0.3) is 0 Å². The molecular weight excluding hydrogens is 202 g/mol. The quantitative estimate of drug-likeness (QED) is 0.485. The Hall–Kier alpha value is -1.85. The third kappa shape index (κ3) is 3.80. The van der Waals surface area contributed by atoms with Crippen molar-refractivity contribution in [3.05, 3.63) is 12.7 Å². The van der Waals surface area contributed by atoms with E-state index in [0.29, 0.717) is 0 Å². The second-order valence-electron chi connectivity index (χ2n) is 2.92. The number of hydrogen-bond acceptors (Lipinski definition) is 5. The number of ether oxygens (including phenoxy) is 2. The highest BCUT2D eigenvalue weighted by Gasteiger charge is 2.26. The number of cyclic esters (lactones) is 1. The van der Waals surface area contributed by atoms with Crippen molar-refractivity contribution in [1.82, 2.24) is 5.32 Å². The summed E-state index contributed by atoms with van der Waals surface area (Å²) in [4.78, 5) is 32.4. The van der Waals surface area contributed by atoms with Crippen LogP contribution in [0.5, 0.6) is 0 Å². The fourth-order valence-corrected chi connectivity index (χ4v) is 1.02. The first-order valence-electron chi connectivity index (χ1n) is 4.37. The molecule has 15 heavy (non-hydrogen) atoms. The molecule has 1 N–H and O–H groups in total. The van der Waals surface area contributed by atoms with Crippen molar-refractivity contribution in [2.45, 2.75) is 12.5 Å². The Morgan fingerprint density at radius 1 is 1.67 bits per heavy atom. The molecular formula is C9H11NO5. The van der Waals surface area contributed by atoms with Gasteiger partial charge in [-0.15, -0.1) is 0 Å². The van der Waals surface area contributed by atoms with E-state index < -0.39 is 18.0 Å². The Labute approximate surface area is 86.2 Å². The molecule has 1 rings (SSSR count). The lowest BCUT2D eigenvalue weighted by Crippen LogP contribution is -2.31. The maximum absolute atomic E-state index is 11.1. The van der Waals surface area contributed by atoms with Crippen molar-refractivity contribution in [2.75, 3.05) is 13.2 Å². The molecule has 6 heteroatoms. The molecule has 0 aromatic rings. The van der Waals surface area contributed by atoms with Crippen LogP contribution in [-0.2, 0) is 23.9 Å². The number of carbonyl (C=O) groups excluding carboxylic acids is 3. The van der Waals surface area contributed by atoms with Gasteiger partial charge in [0.05, 0.1) is 6.42 Å². The van der Waals surface area contributed by atoms with Crippen molar-refractivity contribution in [3.8, 4) is 0 Å². The molecule has 6 nitrogen and oxygen atoms in total. The minimum atomic E-state index is -0.603. The van der Waals surface area contributed by atoms with E-state index in [1.54, 1.807) is 0 Å². The Morgan fingerprint density at radius 3 is 2.93 bits per heavy atom. The molecule has 1 heterocycles. The predicted octanol–water partition coefficient (Wildman–Crippen LogP) is -0.853. The van der Waals surface area contributed by atoms with Gasteiger partial charge in [0.2, 0.25) is 5.91 Å². The minimum absolute atomic E-state index is 0.0706. The first-order chi connectivity index (χ1) is 7.11. The molecule has 1 aliphatic heterocycles. The Bertz CT molecular complexity index is 299. The van der Waals surface area contributed by atoms with Gasteiger partial charge in [0.15, 0.2) is 0 Å². The normalized spacial score (nSPS) is 19.2. The molecule has 0 spiro atoms. The second-order valence-corrected chi connectivity index (χ2v) is 2.92. The third-order valence-corrected chi connectivity index (χ3v) is 1.72. The van der Waals surface area contributed by atoms with Gasteiger partial charge in [0.1, 0.15) is 19.3 Å². The number of nitrogens with one attached hydrogen (secondary N) is 1. The summed E-state index contributed by atoms with van der Waals surface area (Å²) in [6, 6.07) is 0. The lowest BCUT2D eigenvalue weighted by atomic mass is 10.3. The van der Waals surface area contributed by atoms with Gasteiger partial charge in [-0.2, -0.15) is 0 Å². The average Bonchev–Trinajstić information content (AvgIpc) is 2.60. The fraction of sp³-hybridized carbons (Fsp3) is 0.444. The topological polar surface area (TPSA) is 81.7 Å². The molecule has 82 valence electrons. The molecule has 0 bridgehead atoms. The fourth-order valence-electron chi connectivity index (χ4n) is 1.02. The predicted molar refractivity (Wildman–Crippen MR) is 48.7 cm³/mol. The van der Waals surface area contributed by atoms with Crippen LogP contribution in [0.25, 0.3) is 0 Å². The van der Waals surface area contributed by atoms with E-state index in [2.05, 4.69) is 16.6 Å². The van der Waals surface area contributed by atoms with Crippen LogP contribution in [0.2, 0.25) is 0 Å². The molecule has 1 amide bonds. The summed E-state index contributed by atoms with van der Waals surface area (Å²) in [5.41, 5.74) is 0. The monoisotopic (exact) mass is 213 g/mol. The van der Waals surface area contributed by atoms with E-state index in [1.165, 1.54) is 0 Å². The SMILES string of the molecule is C=CC(=O)NCC(=O)OC1COC(=O)C1. The van der Waals surface area contributed by atoms with Crippen molar-refractivity contribution in [2.24, 2.45) is 0 Å². The lowest BCUT2D eigenvalue weighted by Gasteiger charge is -2.08. The third-order valence-electron chi connectivity index (χ3n) is 1.72. The first-order valence-corrected chi connectivity index (χ1v) is 4.37. The summed E-state index contributed by atoms with van der Waals surface area (Å²) in [6.07, 6.45) is 0.585. The average molecular weight is 213 g/mol. The van der Waals surface area contributed by atoms with E-state index in [0.717, 1.165) is 6.08 Å². The van der Waals surface area contributed by atoms with Crippen LogP contribution in [0.1, 0.15) is 6.42 Å². The second kappa shape index (κ2) is 5.14. The standard InChI is InChI=1S/C9H11NO5/c1-2-7(11)10-4-9(13)15-6-3-8(12)14-5-6/h2,6H,1,3-5H2,(H,10,11). The lowest BCUT2D eigenvalue weighted by molar-refractivity contribution is -0.148. The van der Waals surface area contributed by atoms with Crippen molar-refractivity contribution in [1.29, 1.82) is 0 Å². The van der Waals surface area contributed by atoms with Gasteiger partial charge in [-0.05, 0) is 6.08 Å². The summed E-state index contributed by atoms with van der Waals surface area (Å²) in [5, 5.41) is 2.26. The highest BCUT2D eigenvalue weighted by Crippen LogP contribution is 2.09. The Balaban J connectivity index is 2.21. The Kier molecular flexibility index (Phi) is 3.84. The number of esters is 2. The molecule has 0 aromatic carbocycles. The maximum Gasteiger partial charge on any atom is 0.325 e. The van der Waals surface area contributed by atoms with E-state index in [-0.39, 0.29) is 25.5 Å². The van der Waals surface area contributed by atoms with Gasteiger partial charge in [-0.3, -0.25) is 14.4 Å². The molecule has 1 atom stereocenters. The van der Waals surface area contributed by atoms with Crippen molar-refractivity contribution in [3.63, 3.8) is 0 Å². The van der Waals surface area contributed by atoms with Crippen LogP contribution in [0.4, 0.5) is 0 Å². The molecule has 0 aliphatic carbocycles. The van der Waals surface area contributed by atoms with Gasteiger partial charge < -0.3 is 14.8 Å². The van der Waals surface area contributed by atoms with Crippen molar-refractivity contribution >= 4 is 17.8 Å². The maximum atomic E-state index is 11.1. The Morgan fingerprint density at radius 2 is 2.40 bits per heavy atom. The number of rotatable bonds is 4. The van der Waals surface area contributed by atoms with Crippen LogP contribution < -0.4 is 5.32 Å². The van der Waals surface area contributed by atoms with Gasteiger partial charge >= 0.3 is 11.9 Å². The van der Waals surface area contributed by atoms with Crippen LogP contribution in [-0.4, -0.2) is 37.1 Å². The summed E-state index contributed by atoms with van der Waals surface area (Å²) in [7, 11) is 0. The molecule has 1 aliphatic rings. The van der Waals surface area contributed by atoms with Crippen LogP contribution in [0, 0.1) is 0 Å². The molecule has 1 fully saturated rings. The summed E-state index contributed by atoms with van der Waals surface area (Å²) >= 11 is 0. The van der Waals surface area contributed by atoms with Crippen LogP contribution >= 0.6 is 0 Å². The molecule has 0 aromatic heterocycles. The number of carbonyl (C=O) groups is 3. The van der Waals surface area contributed by atoms with Gasteiger partial charge in [-0.1, -0.05) is 6.58 Å². The van der Waals surface area contributed by atoms with Gasteiger partial charge in [0, 0.05) is 0 Å². The summed E-state index contributed by atoms with van der Waals surface area (Å²) in [5.74, 6) is -1.44. The van der Waals surface area contributed by atoms with E-state index in [9.17, 15) is 14.4 Å². The van der Waals surface area contributed by atoms with Crippen molar-refractivity contribution < 1.29 is 23.9 Å². The van der Waals surface area contributed by atoms with Crippen LogP contribution in [0.15, 0.2) is 12.7 Å². The highest BCUT2D eigenvalue weighted by atomic mass is 16.6. The molecule has 0 radical (unpaired) electrons. The molecule has 1 unspecified atom stereocenters. The molecule has 0 saturated carbocycles. The molecule has 1 saturated heterocycles. The summed E-state index contributed by atoms with van der Waals surface area (Å²) < 4.78 is 9.44. The van der Waals surface area contributed by atoms with E-state index >= 15 is 0 Å². The largest absolute Gasteiger partial charge is 0.462 e. The summed E-state index contributed by atoms with van der Waals surface area (Å²) in [6.45, 7) is 3.07. The van der Waals surface area contributed by atoms with E-state index in [1.807, 2.05) is 0 Å². The zero-order chi connectivity index (χ0) is 11.3. The minimum Gasteiger partial charge on any atom is -0.462 e. The highest BCUT2D eigenvalue weighted by molar-refractivity contribution is 5.89. The zero-order valence-corrected chi connectivity index (χ0v) is 8.02. The zero-order valence-electron chi connectivity index (χ0n) is 8.02. The number of hydrogen-bond donors (Lipinski definition) is 1. The van der Waals surface area contributed by atoms with E-state index in [4.69, 9.17) is 4.74 Å². The smallest absolute Gasteiger partial charge is 0.325 e. The first kappa shape index (κ1) is 11.2. The van der Waals surface area contributed by atoms with Gasteiger partial charge in [-0.25, -0.2) is 0 Å².